The molecule has 2 aromatic rings. The number of hydrogen-bond donors (Lipinski definition) is 1. The number of aryl methyl sites for hydroxylation is 1. The van der Waals surface area contributed by atoms with E-state index in [0.29, 0.717) is 17.6 Å². The molecule has 3 rings (SSSR count). The predicted octanol–water partition coefficient (Wildman–Crippen LogP) is 2.27. The minimum absolute atomic E-state index is 0.0217. The molecule has 0 unspecified atom stereocenters. The Morgan fingerprint density at radius 2 is 2.26 bits per heavy atom. The Morgan fingerprint density at radius 1 is 1.43 bits per heavy atom. The lowest BCUT2D eigenvalue weighted by molar-refractivity contribution is -0.117. The van der Waals surface area contributed by atoms with Crippen LogP contribution in [0.2, 0.25) is 0 Å². The summed E-state index contributed by atoms with van der Waals surface area (Å²) in [6.07, 6.45) is 1.93. The molecular formula is C15H21N5O3. The van der Waals surface area contributed by atoms with Crippen LogP contribution in [0.5, 0.6) is 0 Å². The zero-order valence-corrected chi connectivity index (χ0v) is 13.6. The van der Waals surface area contributed by atoms with Crippen molar-refractivity contribution in [1.29, 1.82) is 0 Å². The standard InChI is InChI=1S/C15H21N5O3/c1-9(2)15-17-14(19-23-15)11-5-4-6-20(11)8-12(21)16-13-7-10(3)18-22-13/h7,9,11H,4-6,8H2,1-3H3,(H,16,21)/t11-/m0/s1. The van der Waals surface area contributed by atoms with E-state index in [0.717, 1.165) is 25.1 Å². The first-order valence-electron chi connectivity index (χ1n) is 7.83. The monoisotopic (exact) mass is 319 g/mol. The van der Waals surface area contributed by atoms with Crippen molar-refractivity contribution in [2.24, 2.45) is 0 Å². The fraction of sp³-hybridized carbons (Fsp3) is 0.600. The van der Waals surface area contributed by atoms with Crippen LogP contribution in [0.1, 0.15) is 56.1 Å². The minimum atomic E-state index is -0.138. The Balaban J connectivity index is 1.63. The summed E-state index contributed by atoms with van der Waals surface area (Å²) in [6, 6.07) is 1.71. The van der Waals surface area contributed by atoms with Crippen molar-refractivity contribution in [2.45, 2.75) is 45.6 Å². The Hall–Kier alpha value is -2.22. The molecule has 1 fully saturated rings. The third kappa shape index (κ3) is 3.58. The molecule has 0 radical (unpaired) electrons. The van der Waals surface area contributed by atoms with Gasteiger partial charge >= 0.3 is 0 Å². The van der Waals surface area contributed by atoms with Crippen molar-refractivity contribution in [3.63, 3.8) is 0 Å². The summed E-state index contributed by atoms with van der Waals surface area (Å²) in [6.45, 7) is 6.92. The summed E-state index contributed by atoms with van der Waals surface area (Å²) in [4.78, 5) is 18.7. The average molecular weight is 319 g/mol. The van der Waals surface area contributed by atoms with Crippen LogP contribution in [-0.4, -0.2) is 39.2 Å². The number of carbonyl (C=O) groups excluding carboxylic acids is 1. The average Bonchev–Trinajstić information content (AvgIpc) is 3.19. The summed E-state index contributed by atoms with van der Waals surface area (Å²) in [7, 11) is 0. The van der Waals surface area contributed by atoms with Gasteiger partial charge in [0.05, 0.1) is 18.3 Å². The third-order valence-electron chi connectivity index (χ3n) is 3.85. The number of nitrogens with zero attached hydrogens (tertiary/aromatic N) is 4. The number of nitrogens with one attached hydrogen (secondary N) is 1. The number of amides is 1. The molecule has 0 aliphatic carbocycles. The van der Waals surface area contributed by atoms with E-state index < -0.39 is 0 Å². The lowest BCUT2D eigenvalue weighted by Crippen LogP contribution is -2.33. The molecule has 1 N–H and O–H groups in total. The van der Waals surface area contributed by atoms with Crippen molar-refractivity contribution in [2.75, 3.05) is 18.4 Å². The topological polar surface area (TPSA) is 97.3 Å². The summed E-state index contributed by atoms with van der Waals surface area (Å²) >= 11 is 0. The summed E-state index contributed by atoms with van der Waals surface area (Å²) < 4.78 is 10.3. The SMILES string of the molecule is Cc1cc(NC(=O)CN2CCC[C@H]2c2noc(C(C)C)n2)on1. The Bertz CT molecular complexity index is 678. The van der Waals surface area contributed by atoms with Gasteiger partial charge in [0.2, 0.25) is 17.7 Å². The van der Waals surface area contributed by atoms with Crippen molar-refractivity contribution >= 4 is 11.8 Å². The second-order valence-electron chi connectivity index (χ2n) is 6.15. The fourth-order valence-corrected chi connectivity index (χ4v) is 2.71. The van der Waals surface area contributed by atoms with Crippen LogP contribution in [0.4, 0.5) is 5.88 Å². The molecule has 8 heteroatoms. The van der Waals surface area contributed by atoms with Crippen LogP contribution in [0.25, 0.3) is 0 Å². The van der Waals surface area contributed by atoms with Crippen LogP contribution in [0.3, 0.4) is 0 Å². The number of carbonyl (C=O) groups is 1. The molecule has 23 heavy (non-hydrogen) atoms. The van der Waals surface area contributed by atoms with E-state index in [1.807, 2.05) is 13.8 Å². The van der Waals surface area contributed by atoms with Gasteiger partial charge < -0.3 is 9.05 Å². The number of hydrogen-bond acceptors (Lipinski definition) is 7. The largest absolute Gasteiger partial charge is 0.339 e. The van der Waals surface area contributed by atoms with Gasteiger partial charge in [0.1, 0.15) is 0 Å². The maximum Gasteiger partial charge on any atom is 0.240 e. The van der Waals surface area contributed by atoms with Crippen LogP contribution in [-0.2, 0) is 4.79 Å². The lowest BCUT2D eigenvalue weighted by Gasteiger charge is -2.20. The third-order valence-corrected chi connectivity index (χ3v) is 3.85. The van der Waals surface area contributed by atoms with Gasteiger partial charge in [-0.2, -0.15) is 4.98 Å². The number of anilines is 1. The fourth-order valence-electron chi connectivity index (χ4n) is 2.71. The maximum atomic E-state index is 12.2. The van der Waals surface area contributed by atoms with Crippen LogP contribution < -0.4 is 5.32 Å². The highest BCUT2D eigenvalue weighted by molar-refractivity contribution is 5.91. The first-order chi connectivity index (χ1) is 11.0. The van der Waals surface area contributed by atoms with Crippen LogP contribution >= 0.6 is 0 Å². The molecule has 0 aromatic carbocycles. The zero-order chi connectivity index (χ0) is 16.4. The zero-order valence-electron chi connectivity index (χ0n) is 13.6. The van der Waals surface area contributed by atoms with Crippen LogP contribution in [0.15, 0.2) is 15.1 Å². The molecule has 2 aromatic heterocycles. The van der Waals surface area contributed by atoms with Gasteiger partial charge in [-0.05, 0) is 26.3 Å². The molecule has 1 aliphatic heterocycles. The highest BCUT2D eigenvalue weighted by atomic mass is 16.5. The molecular weight excluding hydrogens is 298 g/mol. The molecule has 8 nitrogen and oxygen atoms in total. The van der Waals surface area contributed by atoms with Crippen molar-refractivity contribution in [3.05, 3.63) is 23.5 Å². The number of aromatic nitrogens is 3. The Morgan fingerprint density at radius 3 is 2.91 bits per heavy atom. The first kappa shape index (κ1) is 15.7. The molecule has 1 saturated heterocycles. The van der Waals surface area contributed by atoms with E-state index >= 15 is 0 Å². The van der Waals surface area contributed by atoms with Gasteiger partial charge in [0.15, 0.2) is 5.82 Å². The van der Waals surface area contributed by atoms with Gasteiger partial charge in [0, 0.05) is 12.0 Å². The van der Waals surface area contributed by atoms with Crippen molar-refractivity contribution in [1.82, 2.24) is 20.2 Å². The second-order valence-corrected chi connectivity index (χ2v) is 6.15. The molecule has 1 amide bonds. The van der Waals surface area contributed by atoms with Crippen molar-refractivity contribution < 1.29 is 13.8 Å². The Kier molecular flexibility index (Phi) is 4.42. The molecule has 0 saturated carbocycles. The van der Waals surface area contributed by atoms with Gasteiger partial charge in [-0.1, -0.05) is 24.2 Å². The van der Waals surface area contributed by atoms with Crippen molar-refractivity contribution in [3.8, 4) is 0 Å². The molecule has 1 aliphatic rings. The van der Waals surface area contributed by atoms with E-state index in [-0.39, 0.29) is 24.4 Å². The van der Waals surface area contributed by atoms with Gasteiger partial charge in [0.25, 0.3) is 0 Å². The Labute approximate surface area is 134 Å². The highest BCUT2D eigenvalue weighted by Gasteiger charge is 2.31. The molecule has 3 heterocycles. The smallest absolute Gasteiger partial charge is 0.240 e. The predicted molar refractivity (Wildman–Crippen MR) is 81.8 cm³/mol. The summed E-state index contributed by atoms with van der Waals surface area (Å²) in [5.74, 6) is 1.72. The van der Waals surface area contributed by atoms with E-state index in [9.17, 15) is 4.79 Å². The minimum Gasteiger partial charge on any atom is -0.339 e. The van der Waals surface area contributed by atoms with E-state index in [1.54, 1.807) is 13.0 Å². The van der Waals surface area contributed by atoms with Gasteiger partial charge in [-0.3, -0.25) is 15.0 Å². The van der Waals surface area contributed by atoms with Crippen LogP contribution in [0, 0.1) is 6.92 Å². The molecule has 1 atom stereocenters. The van der Waals surface area contributed by atoms with E-state index in [1.165, 1.54) is 0 Å². The first-order valence-corrected chi connectivity index (χ1v) is 7.83. The number of likely N-dealkylation sites (tertiary alicyclic amines) is 1. The normalized spacial score (nSPS) is 18.7. The van der Waals surface area contributed by atoms with E-state index in [2.05, 4.69) is 25.5 Å². The highest BCUT2D eigenvalue weighted by Crippen LogP contribution is 2.30. The number of rotatable bonds is 5. The molecule has 124 valence electrons. The van der Waals surface area contributed by atoms with E-state index in [4.69, 9.17) is 9.05 Å². The molecule has 0 bridgehead atoms. The lowest BCUT2D eigenvalue weighted by atomic mass is 10.2. The van der Waals surface area contributed by atoms with Gasteiger partial charge in [-0.25, -0.2) is 0 Å². The maximum absolute atomic E-state index is 12.2. The quantitative estimate of drug-likeness (QED) is 0.902. The van der Waals surface area contributed by atoms with Gasteiger partial charge in [-0.15, -0.1) is 0 Å². The summed E-state index contributed by atoms with van der Waals surface area (Å²) in [5.41, 5.74) is 0.729. The summed E-state index contributed by atoms with van der Waals surface area (Å²) in [5, 5.41) is 10.5. The second kappa shape index (κ2) is 6.49. The molecule has 0 spiro atoms.